The van der Waals surface area contributed by atoms with Crippen LogP contribution in [0.2, 0.25) is 0 Å². The SMILES string of the molecule is COCCCN1C(=O)/C(=C/c2cn(-c3ccccc3)nc2-c2ccc(OCc3ccc(C)cc3)cc2)SC1=S. The Bertz CT molecular complexity index is 1480. The van der Waals surface area contributed by atoms with Gasteiger partial charge in [0.05, 0.1) is 16.3 Å². The molecule has 1 amide bonds. The molecule has 1 saturated heterocycles. The van der Waals surface area contributed by atoms with E-state index >= 15 is 0 Å². The molecule has 8 heteroatoms. The third-order valence-corrected chi connectivity index (χ3v) is 7.69. The van der Waals surface area contributed by atoms with E-state index in [9.17, 15) is 4.79 Å². The Kier molecular flexibility index (Phi) is 8.56. The van der Waals surface area contributed by atoms with E-state index in [2.05, 4.69) is 31.2 Å². The molecule has 39 heavy (non-hydrogen) atoms. The number of rotatable bonds is 10. The lowest BCUT2D eigenvalue weighted by molar-refractivity contribution is -0.122. The van der Waals surface area contributed by atoms with Crippen molar-refractivity contribution < 1.29 is 14.3 Å². The number of nitrogens with zero attached hydrogens (tertiary/aromatic N) is 3. The number of para-hydroxylation sites is 1. The summed E-state index contributed by atoms with van der Waals surface area (Å²) in [4.78, 5) is 15.4. The van der Waals surface area contributed by atoms with Crippen molar-refractivity contribution in [3.63, 3.8) is 0 Å². The number of thioether (sulfide) groups is 1. The van der Waals surface area contributed by atoms with E-state index in [4.69, 9.17) is 26.8 Å². The first-order valence-corrected chi connectivity index (χ1v) is 13.9. The van der Waals surface area contributed by atoms with Crippen molar-refractivity contribution in [3.8, 4) is 22.7 Å². The van der Waals surface area contributed by atoms with Crippen LogP contribution in [-0.4, -0.2) is 45.2 Å². The molecule has 0 saturated carbocycles. The zero-order valence-corrected chi connectivity index (χ0v) is 23.5. The monoisotopic (exact) mass is 555 g/mol. The van der Waals surface area contributed by atoms with Gasteiger partial charge >= 0.3 is 0 Å². The summed E-state index contributed by atoms with van der Waals surface area (Å²) < 4.78 is 13.5. The molecule has 1 fully saturated rings. The third-order valence-electron chi connectivity index (χ3n) is 6.31. The van der Waals surface area contributed by atoms with Crippen molar-refractivity contribution in [1.82, 2.24) is 14.7 Å². The molecule has 3 aromatic carbocycles. The average molecular weight is 556 g/mol. The number of benzene rings is 3. The van der Waals surface area contributed by atoms with Crippen LogP contribution < -0.4 is 4.74 Å². The van der Waals surface area contributed by atoms with Gasteiger partial charge in [-0.3, -0.25) is 9.69 Å². The number of carbonyl (C=O) groups excluding carboxylic acids is 1. The maximum Gasteiger partial charge on any atom is 0.266 e. The van der Waals surface area contributed by atoms with E-state index in [0.717, 1.165) is 40.2 Å². The summed E-state index contributed by atoms with van der Waals surface area (Å²) in [5, 5.41) is 4.90. The van der Waals surface area contributed by atoms with Crippen molar-refractivity contribution in [2.75, 3.05) is 20.3 Å². The Hall–Kier alpha value is -3.72. The van der Waals surface area contributed by atoms with Crippen LogP contribution in [0.4, 0.5) is 0 Å². The molecule has 2 heterocycles. The molecule has 0 atom stereocenters. The van der Waals surface area contributed by atoms with Gasteiger partial charge in [0.2, 0.25) is 0 Å². The van der Waals surface area contributed by atoms with E-state index in [0.29, 0.717) is 29.0 Å². The standard InChI is InChI=1S/C31H29N3O3S2/c1-22-9-11-23(12-10-22)21-37-27-15-13-24(14-16-27)29-25(20-34(32-29)26-7-4-3-5-8-26)19-28-30(35)33(31(38)39-28)17-6-18-36-2/h3-5,7-16,19-20H,6,17-18,21H2,1-2H3/b28-19-. The van der Waals surface area contributed by atoms with E-state index in [1.54, 1.807) is 12.0 Å². The Morgan fingerprint density at radius 1 is 1.00 bits per heavy atom. The van der Waals surface area contributed by atoms with Crippen LogP contribution in [-0.2, 0) is 16.1 Å². The topological polar surface area (TPSA) is 56.6 Å². The number of aromatic nitrogens is 2. The maximum atomic E-state index is 13.2. The smallest absolute Gasteiger partial charge is 0.266 e. The fourth-order valence-corrected chi connectivity index (χ4v) is 5.49. The lowest BCUT2D eigenvalue weighted by atomic mass is 10.1. The van der Waals surface area contributed by atoms with Crippen LogP contribution in [0, 0.1) is 6.92 Å². The Morgan fingerprint density at radius 2 is 1.74 bits per heavy atom. The fraction of sp³-hybridized carbons (Fsp3) is 0.194. The molecule has 1 aliphatic heterocycles. The minimum atomic E-state index is -0.0839. The molecule has 0 bridgehead atoms. The Labute approximate surface area is 238 Å². The number of hydrogen-bond acceptors (Lipinski definition) is 6. The predicted octanol–water partition coefficient (Wildman–Crippen LogP) is 6.66. The van der Waals surface area contributed by atoms with E-state index < -0.39 is 0 Å². The van der Waals surface area contributed by atoms with E-state index in [-0.39, 0.29) is 5.91 Å². The molecule has 4 aromatic rings. The molecular weight excluding hydrogens is 526 g/mol. The van der Waals surface area contributed by atoms with Crippen molar-refractivity contribution in [3.05, 3.63) is 107 Å². The predicted molar refractivity (Wildman–Crippen MR) is 161 cm³/mol. The fourth-order valence-electron chi connectivity index (χ4n) is 4.19. The molecule has 0 aliphatic carbocycles. The first kappa shape index (κ1) is 26.9. The number of ether oxygens (including phenoxy) is 2. The zero-order valence-electron chi connectivity index (χ0n) is 21.9. The second-order valence-electron chi connectivity index (χ2n) is 9.19. The van der Waals surface area contributed by atoms with Crippen LogP contribution in [0.25, 0.3) is 23.0 Å². The highest BCUT2D eigenvalue weighted by Gasteiger charge is 2.32. The third kappa shape index (κ3) is 6.47. The number of methoxy groups -OCH3 is 1. The van der Waals surface area contributed by atoms with Crippen molar-refractivity contribution >= 4 is 40.3 Å². The quantitative estimate of drug-likeness (QED) is 0.124. The van der Waals surface area contributed by atoms with Gasteiger partial charge in [-0.1, -0.05) is 72.0 Å². The molecule has 0 radical (unpaired) electrons. The molecule has 0 N–H and O–H groups in total. The lowest BCUT2D eigenvalue weighted by Gasteiger charge is -2.13. The van der Waals surface area contributed by atoms with Crippen LogP contribution >= 0.6 is 24.0 Å². The lowest BCUT2D eigenvalue weighted by Crippen LogP contribution is -2.29. The number of thiocarbonyl (C=S) groups is 1. The van der Waals surface area contributed by atoms with Crippen LogP contribution in [0.3, 0.4) is 0 Å². The molecule has 1 aromatic heterocycles. The largest absolute Gasteiger partial charge is 0.489 e. The number of carbonyl (C=O) groups is 1. The van der Waals surface area contributed by atoms with Gasteiger partial charge in [-0.15, -0.1) is 0 Å². The molecule has 198 valence electrons. The first-order valence-electron chi connectivity index (χ1n) is 12.7. The van der Waals surface area contributed by atoms with Gasteiger partial charge in [-0.2, -0.15) is 5.10 Å². The van der Waals surface area contributed by atoms with Gasteiger partial charge in [0, 0.05) is 37.6 Å². The summed E-state index contributed by atoms with van der Waals surface area (Å²) in [6, 6.07) is 26.1. The zero-order chi connectivity index (χ0) is 27.2. The molecule has 6 nitrogen and oxygen atoms in total. The Balaban J connectivity index is 1.41. The average Bonchev–Trinajstić information content (AvgIpc) is 3.50. The van der Waals surface area contributed by atoms with E-state index in [1.165, 1.54) is 17.3 Å². The summed E-state index contributed by atoms with van der Waals surface area (Å²) in [7, 11) is 1.65. The highest BCUT2D eigenvalue weighted by Crippen LogP contribution is 2.35. The summed E-state index contributed by atoms with van der Waals surface area (Å²) in [6.45, 7) is 3.69. The normalized spacial score (nSPS) is 14.4. The molecule has 0 spiro atoms. The Morgan fingerprint density at radius 3 is 2.46 bits per heavy atom. The van der Waals surface area contributed by atoms with Gasteiger partial charge < -0.3 is 9.47 Å². The van der Waals surface area contributed by atoms with Gasteiger partial charge in [0.15, 0.2) is 0 Å². The molecule has 0 unspecified atom stereocenters. The summed E-state index contributed by atoms with van der Waals surface area (Å²) in [5.41, 5.74) is 5.81. The van der Waals surface area contributed by atoms with Gasteiger partial charge in [0.25, 0.3) is 5.91 Å². The van der Waals surface area contributed by atoms with Gasteiger partial charge in [-0.25, -0.2) is 4.68 Å². The van der Waals surface area contributed by atoms with Crippen LogP contribution in [0.1, 0.15) is 23.1 Å². The number of amides is 1. The number of hydrogen-bond donors (Lipinski definition) is 0. The van der Waals surface area contributed by atoms with Gasteiger partial charge in [0.1, 0.15) is 16.7 Å². The molecule has 5 rings (SSSR count). The van der Waals surface area contributed by atoms with E-state index in [1.807, 2.05) is 71.6 Å². The maximum absolute atomic E-state index is 13.2. The minimum Gasteiger partial charge on any atom is -0.489 e. The summed E-state index contributed by atoms with van der Waals surface area (Å²) in [5.74, 6) is 0.694. The summed E-state index contributed by atoms with van der Waals surface area (Å²) in [6.07, 6.45) is 4.56. The number of aryl methyl sites for hydroxylation is 1. The summed E-state index contributed by atoms with van der Waals surface area (Å²) >= 11 is 6.82. The highest BCUT2D eigenvalue weighted by molar-refractivity contribution is 8.26. The van der Waals surface area contributed by atoms with Crippen molar-refractivity contribution in [2.45, 2.75) is 20.0 Å². The molecule has 1 aliphatic rings. The second kappa shape index (κ2) is 12.4. The van der Waals surface area contributed by atoms with Crippen LogP contribution in [0.5, 0.6) is 5.75 Å². The minimum absolute atomic E-state index is 0.0839. The highest BCUT2D eigenvalue weighted by atomic mass is 32.2. The van der Waals surface area contributed by atoms with Crippen LogP contribution in [0.15, 0.2) is 90.0 Å². The molecular formula is C31H29N3O3S2. The second-order valence-corrected chi connectivity index (χ2v) is 10.9. The first-order chi connectivity index (χ1) is 19.0. The van der Waals surface area contributed by atoms with Gasteiger partial charge in [-0.05, 0) is 61.4 Å². The van der Waals surface area contributed by atoms with Crippen molar-refractivity contribution in [1.29, 1.82) is 0 Å². The van der Waals surface area contributed by atoms with Crippen molar-refractivity contribution in [2.24, 2.45) is 0 Å².